The molecule has 18 heteroatoms. The van der Waals surface area contributed by atoms with Crippen LogP contribution in [0, 0.1) is 27.9 Å². The second kappa shape index (κ2) is 22.7. The summed E-state index contributed by atoms with van der Waals surface area (Å²) in [5.41, 5.74) is 0.326. The molecule has 6 aliphatic rings. The Morgan fingerprint density at radius 3 is 2.16 bits per heavy atom. The normalized spacial score (nSPS) is 23.7. The van der Waals surface area contributed by atoms with Gasteiger partial charge in [-0.3, -0.25) is 34.3 Å². The maximum absolute atomic E-state index is 17.0. The van der Waals surface area contributed by atoms with E-state index in [4.69, 9.17) is 23.7 Å². The van der Waals surface area contributed by atoms with Gasteiger partial charge in [0.15, 0.2) is 11.5 Å². The molecule has 3 saturated heterocycles. The van der Waals surface area contributed by atoms with Gasteiger partial charge in [-0.05, 0) is 114 Å². The maximum Gasteiger partial charge on any atom is 0.421 e. The van der Waals surface area contributed by atoms with E-state index >= 15 is 19.2 Å². The van der Waals surface area contributed by atoms with Crippen LogP contribution in [0.1, 0.15) is 95.7 Å². The van der Waals surface area contributed by atoms with Crippen LogP contribution < -0.4 is 19.1 Å². The quantitative estimate of drug-likeness (QED) is 0.0387. The average molecular weight is 1110 g/mol. The number of carbonyl (C=O) groups excluding carboxylic acids is 4. The third kappa shape index (κ3) is 10.1. The monoisotopic (exact) mass is 1110 g/mol. The molecule has 0 radical (unpaired) electrons. The number of hydrogen-bond acceptors (Lipinski definition) is 15. The van der Waals surface area contributed by atoms with Crippen LogP contribution in [0.2, 0.25) is 0 Å². The van der Waals surface area contributed by atoms with Crippen molar-refractivity contribution in [2.45, 2.75) is 86.9 Å². The number of aliphatic hydroxyl groups is 2. The number of fused-ring (bicyclic) bond motifs is 4. The van der Waals surface area contributed by atoms with Gasteiger partial charge in [-0.1, -0.05) is 104 Å². The fourth-order valence-electron chi connectivity index (χ4n) is 13.1. The number of rotatable bonds is 12. The van der Waals surface area contributed by atoms with E-state index in [1.54, 1.807) is 41.3 Å². The first-order valence-corrected chi connectivity index (χ1v) is 27.9. The van der Waals surface area contributed by atoms with E-state index < -0.39 is 70.0 Å². The summed E-state index contributed by atoms with van der Waals surface area (Å²) >= 11 is 0. The lowest BCUT2D eigenvalue weighted by molar-refractivity contribution is -0.384. The van der Waals surface area contributed by atoms with Crippen LogP contribution in [-0.2, 0) is 42.4 Å². The van der Waals surface area contributed by atoms with Crippen LogP contribution in [0.4, 0.5) is 16.2 Å². The number of carbonyl (C=O) groups is 4. The molecule has 0 aromatic heterocycles. The van der Waals surface area contributed by atoms with Crippen molar-refractivity contribution in [1.29, 1.82) is 0 Å². The third-order valence-corrected chi connectivity index (χ3v) is 16.8. The van der Waals surface area contributed by atoms with Crippen molar-refractivity contribution >= 4 is 35.3 Å². The summed E-state index contributed by atoms with van der Waals surface area (Å²) in [7, 11) is 0. The summed E-state index contributed by atoms with van der Waals surface area (Å²) in [6.07, 6.45) is 2.40. The summed E-state index contributed by atoms with van der Waals surface area (Å²) in [5, 5.41) is 33.4. The van der Waals surface area contributed by atoms with Crippen molar-refractivity contribution in [3.63, 3.8) is 0 Å². The van der Waals surface area contributed by atoms with Gasteiger partial charge >= 0.3 is 12.1 Å². The van der Waals surface area contributed by atoms with Crippen molar-refractivity contribution in [1.82, 2.24) is 14.7 Å². The van der Waals surface area contributed by atoms with Gasteiger partial charge in [0.2, 0.25) is 18.6 Å². The van der Waals surface area contributed by atoms with Crippen LogP contribution in [0.15, 0.2) is 146 Å². The summed E-state index contributed by atoms with van der Waals surface area (Å²) in [6, 6.07) is 38.5. The van der Waals surface area contributed by atoms with Crippen molar-refractivity contribution in [2.24, 2.45) is 5.92 Å². The number of imide groups is 1. The van der Waals surface area contributed by atoms with Gasteiger partial charge in [0, 0.05) is 50.4 Å². The number of cyclic esters (lactones) is 1. The van der Waals surface area contributed by atoms with E-state index in [9.17, 15) is 20.3 Å². The van der Waals surface area contributed by atoms with Gasteiger partial charge in [0.05, 0.1) is 35.2 Å². The van der Waals surface area contributed by atoms with Gasteiger partial charge in [-0.15, -0.1) is 0 Å². The summed E-state index contributed by atoms with van der Waals surface area (Å²) < 4.78 is 30.0. The average Bonchev–Trinajstić information content (AvgIpc) is 1.67. The summed E-state index contributed by atoms with van der Waals surface area (Å²) in [5.74, 6) is 4.39. The second-order valence-corrected chi connectivity index (χ2v) is 21.7. The molecule has 2 N–H and O–H groups in total. The molecule has 1 aliphatic carbocycles. The smallest absolute Gasteiger partial charge is 0.421 e. The molecule has 1 spiro atoms. The lowest BCUT2D eigenvalue weighted by atomic mass is 9.64. The minimum Gasteiger partial charge on any atom is -0.491 e. The second-order valence-electron chi connectivity index (χ2n) is 21.7. The Morgan fingerprint density at radius 2 is 1.44 bits per heavy atom. The molecular formula is C64H61N5O13. The van der Waals surface area contributed by atoms with E-state index in [1.807, 2.05) is 89.8 Å². The number of nitro groups is 1. The van der Waals surface area contributed by atoms with E-state index in [1.165, 1.54) is 24.3 Å². The van der Waals surface area contributed by atoms with Crippen LogP contribution in [0.5, 0.6) is 17.2 Å². The molecule has 6 atom stereocenters. The van der Waals surface area contributed by atoms with Crippen molar-refractivity contribution in [3.05, 3.63) is 195 Å². The minimum atomic E-state index is -2.16. The molecule has 1 saturated carbocycles. The Hall–Kier alpha value is -8.60. The number of nitro benzene ring substituents is 1. The predicted molar refractivity (Wildman–Crippen MR) is 298 cm³/mol. The fourth-order valence-corrected chi connectivity index (χ4v) is 13.1. The zero-order valence-corrected chi connectivity index (χ0v) is 45.0. The number of benzene rings is 6. The molecule has 18 nitrogen and oxygen atoms in total. The number of hydrogen-bond donors (Lipinski definition) is 2. The van der Waals surface area contributed by atoms with E-state index in [0.717, 1.165) is 36.1 Å². The lowest BCUT2D eigenvalue weighted by Gasteiger charge is -2.46. The molecule has 5 heterocycles. The van der Waals surface area contributed by atoms with E-state index in [-0.39, 0.29) is 56.6 Å². The van der Waals surface area contributed by atoms with Gasteiger partial charge in [-0.2, -0.15) is 0 Å². The van der Waals surface area contributed by atoms with Gasteiger partial charge in [0.1, 0.15) is 42.1 Å². The number of nitrogens with zero attached hydrogens (tertiary/aromatic N) is 5. The molecule has 4 fully saturated rings. The Kier molecular flexibility index (Phi) is 15.0. The number of piperazine rings is 1. The van der Waals surface area contributed by atoms with Crippen LogP contribution in [0.3, 0.4) is 0 Å². The third-order valence-electron chi connectivity index (χ3n) is 16.8. The first-order valence-electron chi connectivity index (χ1n) is 27.9. The zero-order valence-electron chi connectivity index (χ0n) is 45.0. The zero-order chi connectivity index (χ0) is 56.5. The highest BCUT2D eigenvalue weighted by Gasteiger charge is 2.76. The first kappa shape index (κ1) is 54.0. The highest BCUT2D eigenvalue weighted by molar-refractivity contribution is 6.23. The van der Waals surface area contributed by atoms with Crippen molar-refractivity contribution in [3.8, 4) is 29.1 Å². The predicted octanol–water partition coefficient (Wildman–Crippen LogP) is 8.48. The minimum absolute atomic E-state index is 0.0626. The number of aliphatic hydroxyl groups excluding tert-OH is 1. The van der Waals surface area contributed by atoms with E-state index in [0.29, 0.717) is 77.5 Å². The standard InChI is InChI=1S/C64H61N5O13/c70-34-35-78-49-17-11-16-47(38-49)58-64(50-36-42(26-29-63(75)27-9-1-2-10-28-63)20-24-51(50)67(61(64)73)62(74)79-40-43-18-22-48(23-19-43)69(76)77)54(59(71)66-32-30-65(31-33-66)39-44-21-25-52-53(37-44)81-41-80-52)56-60(72)82-57(46-14-7-4-8-15-46)55(68(56)58)45-12-5-3-6-13-45/h3-8,11-25,36-38,54-58,70,75H,1-2,9-10,27-28,30-35,39-41H2/t54-,55-,56-,57+,58+,64-/m1/s1. The molecule has 12 rings (SSSR count). The highest BCUT2D eigenvalue weighted by atomic mass is 16.7. The van der Waals surface area contributed by atoms with Crippen LogP contribution in [-0.4, -0.2) is 112 Å². The molecule has 82 heavy (non-hydrogen) atoms. The molecule has 420 valence electrons. The number of amides is 3. The molecule has 6 aromatic rings. The first-order chi connectivity index (χ1) is 39.9. The highest BCUT2D eigenvalue weighted by Crippen LogP contribution is 2.66. The molecule has 0 bridgehead atoms. The fraction of sp³-hybridized carbons (Fsp3) is 0.344. The Balaban J connectivity index is 1.06. The number of non-ortho nitro benzene ring substituents is 1. The molecule has 3 amide bonds. The van der Waals surface area contributed by atoms with Gasteiger partial charge in [-0.25, -0.2) is 9.69 Å². The topological polar surface area (TPSA) is 211 Å². The van der Waals surface area contributed by atoms with Gasteiger partial charge < -0.3 is 38.8 Å². The van der Waals surface area contributed by atoms with E-state index in [2.05, 4.69) is 16.7 Å². The Bertz CT molecular complexity index is 3460. The van der Waals surface area contributed by atoms with Crippen LogP contribution >= 0.6 is 0 Å². The Labute approximate surface area is 473 Å². The molecule has 6 aromatic carbocycles. The number of esters is 1. The van der Waals surface area contributed by atoms with Crippen molar-refractivity contribution in [2.75, 3.05) is 51.1 Å². The molecular weight excluding hydrogens is 1050 g/mol. The number of anilines is 1. The maximum atomic E-state index is 17.0. The van der Waals surface area contributed by atoms with Crippen molar-refractivity contribution < 1.29 is 58.0 Å². The number of ether oxygens (including phenoxy) is 5. The summed E-state index contributed by atoms with van der Waals surface area (Å²) in [4.78, 5) is 82.5. The summed E-state index contributed by atoms with van der Waals surface area (Å²) in [6.45, 7) is 1.25. The number of morpholine rings is 1. The molecule has 5 aliphatic heterocycles. The largest absolute Gasteiger partial charge is 0.491 e. The Morgan fingerprint density at radius 1 is 0.744 bits per heavy atom. The molecule has 0 unspecified atom stereocenters. The van der Waals surface area contributed by atoms with Gasteiger partial charge in [0.25, 0.3) is 5.69 Å². The van der Waals surface area contributed by atoms with Crippen LogP contribution in [0.25, 0.3) is 0 Å². The SMILES string of the molecule is O=C1O[C@@H](c2ccccc2)[C@@H](c2ccccc2)N2[C@@H](c3cccc(OCCO)c3)[C@]3(C(=O)N(C(=O)OCc4ccc([N+](=O)[O-])cc4)c4ccc(C#CC5(O)CCCCCC5)cc43)[C@@H](C(=O)N3CCN(Cc4ccc5c(c4)OCO5)CC3)[C@H]12. The lowest BCUT2D eigenvalue weighted by Crippen LogP contribution is -2.59.